The number of nitrogens with zero attached hydrogens (tertiary/aromatic N) is 1. The highest BCUT2D eigenvalue weighted by atomic mass is 19.1. The first kappa shape index (κ1) is 10.5. The summed E-state index contributed by atoms with van der Waals surface area (Å²) in [6, 6.07) is 10.1. The molecule has 0 saturated heterocycles. The molecule has 0 aliphatic heterocycles. The summed E-state index contributed by atoms with van der Waals surface area (Å²) in [6.45, 7) is 1.50. The van der Waals surface area contributed by atoms with Crippen LogP contribution in [0.25, 0.3) is 11.1 Å². The van der Waals surface area contributed by atoms with Crippen LogP contribution in [0.3, 0.4) is 0 Å². The van der Waals surface area contributed by atoms with Crippen molar-refractivity contribution in [3.8, 4) is 11.1 Å². The predicted molar refractivity (Wildman–Crippen MR) is 59.6 cm³/mol. The van der Waals surface area contributed by atoms with Gasteiger partial charge in [0.25, 0.3) is 0 Å². The average Bonchev–Trinajstić information content (AvgIpc) is 2.29. The second-order valence-electron chi connectivity index (χ2n) is 3.47. The number of carbonyl (C=O) groups is 1. The molecule has 1 aromatic carbocycles. The van der Waals surface area contributed by atoms with E-state index in [0.29, 0.717) is 11.1 Å². The third-order valence-corrected chi connectivity index (χ3v) is 2.34. The van der Waals surface area contributed by atoms with Crippen LogP contribution in [0.4, 0.5) is 4.39 Å². The number of ketones is 1. The molecule has 0 bridgehead atoms. The van der Waals surface area contributed by atoms with Gasteiger partial charge in [-0.15, -0.1) is 0 Å². The van der Waals surface area contributed by atoms with Gasteiger partial charge in [0, 0.05) is 17.8 Å². The van der Waals surface area contributed by atoms with Crippen LogP contribution >= 0.6 is 0 Å². The molecular weight excluding hydrogens is 205 g/mol. The molecule has 0 amide bonds. The number of benzene rings is 1. The summed E-state index contributed by atoms with van der Waals surface area (Å²) in [6.07, 6.45) is 1.39. The van der Waals surface area contributed by atoms with Gasteiger partial charge in [-0.1, -0.05) is 24.3 Å². The largest absolute Gasteiger partial charge is 0.294 e. The highest BCUT2D eigenvalue weighted by Gasteiger charge is 2.08. The Balaban J connectivity index is 2.60. The van der Waals surface area contributed by atoms with Crippen LogP contribution in [-0.2, 0) is 0 Å². The molecule has 0 aliphatic rings. The predicted octanol–water partition coefficient (Wildman–Crippen LogP) is 3.09. The van der Waals surface area contributed by atoms with Crippen molar-refractivity contribution in [2.75, 3.05) is 0 Å². The second-order valence-corrected chi connectivity index (χ2v) is 3.47. The van der Waals surface area contributed by atoms with Gasteiger partial charge in [0.15, 0.2) is 5.78 Å². The molecule has 0 radical (unpaired) electrons. The zero-order valence-corrected chi connectivity index (χ0v) is 8.77. The molecule has 0 N–H and O–H groups in total. The van der Waals surface area contributed by atoms with E-state index in [0.717, 1.165) is 5.56 Å². The van der Waals surface area contributed by atoms with E-state index in [2.05, 4.69) is 4.98 Å². The minimum absolute atomic E-state index is 0.0344. The Hall–Kier alpha value is -2.03. The van der Waals surface area contributed by atoms with Crippen molar-refractivity contribution >= 4 is 5.78 Å². The van der Waals surface area contributed by atoms with E-state index in [9.17, 15) is 9.18 Å². The minimum atomic E-state index is -0.546. The maximum absolute atomic E-state index is 13.0. The van der Waals surface area contributed by atoms with E-state index in [4.69, 9.17) is 0 Å². The number of carbonyl (C=O) groups excluding carboxylic acids is 1. The normalized spacial score (nSPS) is 10.1. The van der Waals surface area contributed by atoms with Gasteiger partial charge in [-0.2, -0.15) is 4.39 Å². The molecule has 0 unspecified atom stereocenters. The van der Waals surface area contributed by atoms with Crippen molar-refractivity contribution in [2.24, 2.45) is 0 Å². The van der Waals surface area contributed by atoms with Crippen LogP contribution in [0, 0.1) is 5.95 Å². The van der Waals surface area contributed by atoms with Crippen molar-refractivity contribution in [1.29, 1.82) is 0 Å². The standard InChI is InChI=1S/C13H10FNO/c1-9(16)11-4-2-3-5-12(11)10-6-7-15-13(14)8-10/h2-8H,1H3. The van der Waals surface area contributed by atoms with Gasteiger partial charge in [-0.05, 0) is 24.1 Å². The first-order chi connectivity index (χ1) is 7.68. The highest BCUT2D eigenvalue weighted by Crippen LogP contribution is 2.23. The number of rotatable bonds is 2. The minimum Gasteiger partial charge on any atom is -0.294 e. The van der Waals surface area contributed by atoms with E-state index < -0.39 is 5.95 Å². The van der Waals surface area contributed by atoms with E-state index in [-0.39, 0.29) is 5.78 Å². The van der Waals surface area contributed by atoms with Crippen LogP contribution in [0.2, 0.25) is 0 Å². The van der Waals surface area contributed by atoms with Crippen LogP contribution in [-0.4, -0.2) is 10.8 Å². The lowest BCUT2D eigenvalue weighted by Crippen LogP contribution is -1.96. The van der Waals surface area contributed by atoms with Gasteiger partial charge in [0.1, 0.15) is 0 Å². The third kappa shape index (κ3) is 1.98. The van der Waals surface area contributed by atoms with Crippen molar-refractivity contribution in [2.45, 2.75) is 6.92 Å². The topological polar surface area (TPSA) is 30.0 Å². The van der Waals surface area contributed by atoms with Crippen molar-refractivity contribution in [1.82, 2.24) is 4.98 Å². The number of halogens is 1. The molecule has 2 aromatic rings. The van der Waals surface area contributed by atoms with Gasteiger partial charge in [0.05, 0.1) is 0 Å². The Morgan fingerprint density at radius 3 is 2.69 bits per heavy atom. The molecule has 0 atom stereocenters. The van der Waals surface area contributed by atoms with Crippen LogP contribution in [0.15, 0.2) is 42.6 Å². The molecule has 1 aromatic heterocycles. The molecule has 3 heteroatoms. The summed E-state index contributed by atoms with van der Waals surface area (Å²) in [4.78, 5) is 14.9. The molecule has 1 heterocycles. The molecule has 0 saturated carbocycles. The molecule has 2 nitrogen and oxygen atoms in total. The number of hydrogen-bond acceptors (Lipinski definition) is 2. The third-order valence-electron chi connectivity index (χ3n) is 2.34. The monoisotopic (exact) mass is 215 g/mol. The maximum atomic E-state index is 13.0. The Kier molecular flexibility index (Phi) is 2.77. The summed E-state index contributed by atoms with van der Waals surface area (Å²) in [7, 11) is 0. The van der Waals surface area contributed by atoms with Gasteiger partial charge in [-0.3, -0.25) is 4.79 Å². The lowest BCUT2D eigenvalue weighted by atomic mass is 9.98. The van der Waals surface area contributed by atoms with E-state index in [1.165, 1.54) is 19.2 Å². The number of pyridine rings is 1. The number of hydrogen-bond donors (Lipinski definition) is 0. The zero-order valence-electron chi connectivity index (χ0n) is 8.77. The Bertz CT molecular complexity index is 537. The SMILES string of the molecule is CC(=O)c1ccccc1-c1ccnc(F)c1. The second kappa shape index (κ2) is 4.23. The first-order valence-electron chi connectivity index (χ1n) is 4.90. The lowest BCUT2D eigenvalue weighted by molar-refractivity contribution is 0.101. The number of Topliss-reactive ketones (excluding diaryl/α,β-unsaturated/α-hetero) is 1. The Labute approximate surface area is 92.8 Å². The average molecular weight is 215 g/mol. The zero-order chi connectivity index (χ0) is 11.5. The lowest BCUT2D eigenvalue weighted by Gasteiger charge is -2.06. The molecule has 16 heavy (non-hydrogen) atoms. The Morgan fingerprint density at radius 2 is 2.00 bits per heavy atom. The quantitative estimate of drug-likeness (QED) is 0.569. The molecule has 80 valence electrons. The smallest absolute Gasteiger partial charge is 0.213 e. The van der Waals surface area contributed by atoms with Gasteiger partial charge >= 0.3 is 0 Å². The van der Waals surface area contributed by atoms with E-state index in [1.54, 1.807) is 24.3 Å². The first-order valence-corrected chi connectivity index (χ1v) is 4.90. The van der Waals surface area contributed by atoms with Crippen LogP contribution < -0.4 is 0 Å². The van der Waals surface area contributed by atoms with Crippen molar-refractivity contribution < 1.29 is 9.18 Å². The van der Waals surface area contributed by atoms with E-state index in [1.807, 2.05) is 6.07 Å². The molecule has 0 fully saturated rings. The fourth-order valence-electron chi connectivity index (χ4n) is 1.61. The van der Waals surface area contributed by atoms with Gasteiger partial charge in [-0.25, -0.2) is 4.98 Å². The highest BCUT2D eigenvalue weighted by molar-refractivity contribution is 6.00. The summed E-state index contributed by atoms with van der Waals surface area (Å²) < 4.78 is 13.0. The van der Waals surface area contributed by atoms with Crippen LogP contribution in [0.5, 0.6) is 0 Å². The molecule has 0 aliphatic carbocycles. The molecule has 2 rings (SSSR count). The summed E-state index contributed by atoms with van der Waals surface area (Å²) in [5, 5.41) is 0. The summed E-state index contributed by atoms with van der Waals surface area (Å²) in [5.74, 6) is -0.580. The number of aromatic nitrogens is 1. The summed E-state index contributed by atoms with van der Waals surface area (Å²) in [5.41, 5.74) is 1.99. The maximum Gasteiger partial charge on any atom is 0.213 e. The summed E-state index contributed by atoms with van der Waals surface area (Å²) >= 11 is 0. The Morgan fingerprint density at radius 1 is 1.25 bits per heavy atom. The fourth-order valence-corrected chi connectivity index (χ4v) is 1.61. The van der Waals surface area contributed by atoms with Crippen molar-refractivity contribution in [3.05, 3.63) is 54.1 Å². The van der Waals surface area contributed by atoms with Gasteiger partial charge in [0.2, 0.25) is 5.95 Å². The fraction of sp³-hybridized carbons (Fsp3) is 0.0769. The molecular formula is C13H10FNO. The van der Waals surface area contributed by atoms with Crippen LogP contribution in [0.1, 0.15) is 17.3 Å². The van der Waals surface area contributed by atoms with Gasteiger partial charge < -0.3 is 0 Å². The van der Waals surface area contributed by atoms with Crippen molar-refractivity contribution in [3.63, 3.8) is 0 Å². The van der Waals surface area contributed by atoms with E-state index >= 15 is 0 Å². The molecule has 0 spiro atoms.